The predicted molar refractivity (Wildman–Crippen MR) is 130 cm³/mol. The zero-order valence-corrected chi connectivity index (χ0v) is 20.2. The molecule has 188 valence electrons. The summed E-state index contributed by atoms with van der Waals surface area (Å²) in [6.07, 6.45) is 2.65. The maximum atomic E-state index is 12.2. The van der Waals surface area contributed by atoms with Crippen LogP contribution in [0.3, 0.4) is 0 Å². The van der Waals surface area contributed by atoms with Crippen molar-refractivity contribution in [3.63, 3.8) is 0 Å². The number of hydrogen-bond acceptors (Lipinski definition) is 9. The number of aryl methyl sites for hydroxylation is 3. The molecule has 1 aromatic heterocycles. The first-order valence-electron chi connectivity index (χ1n) is 10.8. The van der Waals surface area contributed by atoms with Gasteiger partial charge >= 0.3 is 5.97 Å². The van der Waals surface area contributed by atoms with Crippen LogP contribution in [0.15, 0.2) is 47.0 Å². The van der Waals surface area contributed by atoms with Gasteiger partial charge in [-0.05, 0) is 50.1 Å². The van der Waals surface area contributed by atoms with Gasteiger partial charge in [-0.25, -0.2) is 4.79 Å². The molecule has 0 spiro atoms. The maximum absolute atomic E-state index is 12.2. The van der Waals surface area contributed by atoms with Crippen LogP contribution in [-0.2, 0) is 20.9 Å². The molecule has 0 atom stereocenters. The highest BCUT2D eigenvalue weighted by Crippen LogP contribution is 2.30. The molecule has 11 nitrogen and oxygen atoms in total. The SMILES string of the molecule is COc1cc(/C=C/C(=O)OCC(=O)Nc2c(C)cccc2[N+](=O)[O-])ccc1OCc1c(C)noc1C. The molecule has 0 aliphatic carbocycles. The second-order valence-corrected chi connectivity index (χ2v) is 7.72. The third-order valence-corrected chi connectivity index (χ3v) is 5.21. The van der Waals surface area contributed by atoms with Crippen molar-refractivity contribution >= 4 is 29.3 Å². The molecular weight excluding hydrogens is 470 g/mol. The van der Waals surface area contributed by atoms with Crippen LogP contribution in [0.5, 0.6) is 11.5 Å². The first kappa shape index (κ1) is 25.9. The smallest absolute Gasteiger partial charge is 0.331 e. The molecule has 0 saturated carbocycles. The Morgan fingerprint density at radius 2 is 1.94 bits per heavy atom. The number of anilines is 1. The number of nitro groups is 1. The van der Waals surface area contributed by atoms with Gasteiger partial charge in [-0.2, -0.15) is 0 Å². The van der Waals surface area contributed by atoms with Gasteiger partial charge in [0.2, 0.25) is 0 Å². The second-order valence-electron chi connectivity index (χ2n) is 7.72. The van der Waals surface area contributed by atoms with Crippen LogP contribution in [0.2, 0.25) is 0 Å². The lowest BCUT2D eigenvalue weighted by atomic mass is 10.1. The number of methoxy groups -OCH3 is 1. The highest BCUT2D eigenvalue weighted by molar-refractivity contribution is 5.96. The molecule has 1 amide bonds. The lowest BCUT2D eigenvalue weighted by Gasteiger charge is -2.11. The minimum Gasteiger partial charge on any atom is -0.493 e. The molecule has 0 aliphatic rings. The summed E-state index contributed by atoms with van der Waals surface area (Å²) < 4.78 is 21.3. The van der Waals surface area contributed by atoms with Crippen molar-refractivity contribution in [2.45, 2.75) is 27.4 Å². The molecule has 36 heavy (non-hydrogen) atoms. The highest BCUT2D eigenvalue weighted by Gasteiger charge is 2.18. The van der Waals surface area contributed by atoms with Crippen LogP contribution < -0.4 is 14.8 Å². The molecule has 0 saturated heterocycles. The lowest BCUT2D eigenvalue weighted by molar-refractivity contribution is -0.384. The van der Waals surface area contributed by atoms with Gasteiger partial charge in [-0.15, -0.1) is 0 Å². The van der Waals surface area contributed by atoms with Gasteiger partial charge in [0.1, 0.15) is 18.1 Å². The molecular formula is C25H25N3O8. The first-order chi connectivity index (χ1) is 17.2. The Labute approximate surface area is 206 Å². The summed E-state index contributed by atoms with van der Waals surface area (Å²) in [5.41, 5.74) is 2.55. The van der Waals surface area contributed by atoms with E-state index in [2.05, 4.69) is 10.5 Å². The van der Waals surface area contributed by atoms with Gasteiger partial charge in [0, 0.05) is 12.1 Å². The third-order valence-electron chi connectivity index (χ3n) is 5.21. The Balaban J connectivity index is 1.56. The van der Waals surface area contributed by atoms with E-state index < -0.39 is 23.4 Å². The topological polar surface area (TPSA) is 143 Å². The average molecular weight is 495 g/mol. The van der Waals surface area contributed by atoms with Crippen molar-refractivity contribution in [2.75, 3.05) is 19.0 Å². The molecule has 0 unspecified atom stereocenters. The lowest BCUT2D eigenvalue weighted by Crippen LogP contribution is -2.21. The Morgan fingerprint density at radius 3 is 2.61 bits per heavy atom. The fourth-order valence-corrected chi connectivity index (χ4v) is 3.26. The predicted octanol–water partition coefficient (Wildman–Crippen LogP) is 4.29. The molecule has 1 heterocycles. The number of amides is 1. The quantitative estimate of drug-likeness (QED) is 0.188. The summed E-state index contributed by atoms with van der Waals surface area (Å²) in [5, 5.41) is 17.5. The second kappa shape index (κ2) is 11.6. The van der Waals surface area contributed by atoms with E-state index in [4.69, 9.17) is 18.7 Å². The molecule has 11 heteroatoms. The number of benzene rings is 2. The monoisotopic (exact) mass is 495 g/mol. The number of ether oxygens (including phenoxy) is 3. The van der Waals surface area contributed by atoms with Gasteiger partial charge in [0.25, 0.3) is 11.6 Å². The van der Waals surface area contributed by atoms with Crippen LogP contribution in [0, 0.1) is 30.9 Å². The zero-order chi connectivity index (χ0) is 26.2. The van der Waals surface area contributed by atoms with Crippen molar-refractivity contribution in [3.05, 3.63) is 80.7 Å². The first-order valence-corrected chi connectivity index (χ1v) is 10.8. The average Bonchev–Trinajstić information content (AvgIpc) is 3.18. The van der Waals surface area contributed by atoms with E-state index in [0.29, 0.717) is 28.4 Å². The fraction of sp³-hybridized carbons (Fsp3) is 0.240. The summed E-state index contributed by atoms with van der Waals surface area (Å²) in [5.74, 6) is 0.170. The number of nitro benzene ring substituents is 1. The molecule has 3 rings (SSSR count). The van der Waals surface area contributed by atoms with Crippen LogP contribution in [0.1, 0.15) is 28.1 Å². The van der Waals surface area contributed by atoms with E-state index in [1.165, 1.54) is 25.3 Å². The Kier molecular flexibility index (Phi) is 8.39. The van der Waals surface area contributed by atoms with E-state index in [9.17, 15) is 19.7 Å². The molecule has 1 N–H and O–H groups in total. The normalized spacial score (nSPS) is 10.8. The molecule has 0 bridgehead atoms. The van der Waals surface area contributed by atoms with Gasteiger partial charge in [-0.1, -0.05) is 23.4 Å². The highest BCUT2D eigenvalue weighted by atomic mass is 16.6. The van der Waals surface area contributed by atoms with E-state index in [1.807, 2.05) is 6.92 Å². The number of rotatable bonds is 10. The zero-order valence-electron chi connectivity index (χ0n) is 20.2. The van der Waals surface area contributed by atoms with E-state index >= 15 is 0 Å². The Hall–Kier alpha value is -4.67. The molecule has 0 fully saturated rings. The van der Waals surface area contributed by atoms with Crippen molar-refractivity contribution in [2.24, 2.45) is 0 Å². The van der Waals surface area contributed by atoms with Crippen LogP contribution in [0.25, 0.3) is 6.08 Å². The number of carbonyl (C=O) groups excluding carboxylic acids is 2. The molecule has 3 aromatic rings. The molecule has 0 aliphatic heterocycles. The van der Waals surface area contributed by atoms with Crippen molar-refractivity contribution in [1.29, 1.82) is 0 Å². The number of carbonyl (C=O) groups is 2. The Morgan fingerprint density at radius 1 is 1.17 bits per heavy atom. The number of hydrogen-bond donors (Lipinski definition) is 1. The van der Waals surface area contributed by atoms with Crippen LogP contribution in [0.4, 0.5) is 11.4 Å². The fourth-order valence-electron chi connectivity index (χ4n) is 3.26. The summed E-state index contributed by atoms with van der Waals surface area (Å²) in [6.45, 7) is 4.91. The van der Waals surface area contributed by atoms with Crippen molar-refractivity contribution < 1.29 is 33.2 Å². The molecule has 0 radical (unpaired) electrons. The summed E-state index contributed by atoms with van der Waals surface area (Å²) in [6, 6.07) is 9.51. The van der Waals surface area contributed by atoms with Crippen LogP contribution in [-0.4, -0.2) is 35.7 Å². The van der Waals surface area contributed by atoms with Crippen molar-refractivity contribution in [3.8, 4) is 11.5 Å². The largest absolute Gasteiger partial charge is 0.493 e. The number of para-hydroxylation sites is 1. The number of esters is 1. The summed E-state index contributed by atoms with van der Waals surface area (Å²) >= 11 is 0. The maximum Gasteiger partial charge on any atom is 0.331 e. The standard InChI is InChI=1S/C25H25N3O8/c1-15-6-5-7-20(28(31)32)25(15)26-23(29)14-35-24(30)11-9-18-8-10-21(22(12-18)33-4)34-13-19-16(2)27-36-17(19)3/h5-12H,13-14H2,1-4H3,(H,26,29)/b11-9+. The van der Waals surface area contributed by atoms with Gasteiger partial charge in [0.05, 0.1) is 23.3 Å². The van der Waals surface area contributed by atoms with E-state index in [0.717, 1.165) is 17.3 Å². The summed E-state index contributed by atoms with van der Waals surface area (Å²) in [7, 11) is 1.50. The summed E-state index contributed by atoms with van der Waals surface area (Å²) in [4.78, 5) is 34.8. The van der Waals surface area contributed by atoms with Gasteiger partial charge in [0.15, 0.2) is 18.1 Å². The minimum absolute atomic E-state index is 0.0582. The number of aromatic nitrogens is 1. The number of nitrogens with one attached hydrogen (secondary N) is 1. The van der Waals surface area contributed by atoms with Crippen LogP contribution >= 0.6 is 0 Å². The van der Waals surface area contributed by atoms with Crippen molar-refractivity contribution in [1.82, 2.24) is 5.16 Å². The third kappa shape index (κ3) is 6.47. The molecule has 2 aromatic carbocycles. The Bertz CT molecular complexity index is 1290. The van der Waals surface area contributed by atoms with Gasteiger partial charge in [-0.3, -0.25) is 14.9 Å². The van der Waals surface area contributed by atoms with Gasteiger partial charge < -0.3 is 24.1 Å². The minimum atomic E-state index is -0.762. The van der Waals surface area contributed by atoms with E-state index in [-0.39, 0.29) is 18.0 Å². The van der Waals surface area contributed by atoms with E-state index in [1.54, 1.807) is 38.1 Å². The number of nitrogens with zero attached hydrogens (tertiary/aromatic N) is 2.